The van der Waals surface area contributed by atoms with Gasteiger partial charge in [-0.2, -0.15) is 0 Å². The molecule has 0 aliphatic carbocycles. The molecule has 8 aromatic carbocycles. The summed E-state index contributed by atoms with van der Waals surface area (Å²) in [4.78, 5) is 20.3. The highest BCUT2D eigenvalue weighted by molar-refractivity contribution is 7.26. The number of aromatic nitrogens is 4. The second-order valence-corrected chi connectivity index (χ2v) is 14.8. The van der Waals surface area contributed by atoms with Gasteiger partial charge in [-0.1, -0.05) is 164 Å². The summed E-state index contributed by atoms with van der Waals surface area (Å²) >= 11 is 1.80. The molecule has 0 spiro atoms. The van der Waals surface area contributed by atoms with Crippen molar-refractivity contribution in [2.45, 2.75) is 0 Å². The molecule has 11 aromatic rings. The summed E-state index contributed by atoms with van der Waals surface area (Å²) in [5, 5.41) is 8.69. The molecule has 256 valence electrons. The van der Waals surface area contributed by atoms with Crippen molar-refractivity contribution in [2.24, 2.45) is 0 Å². The number of fused-ring (bicyclic) bond motifs is 8. The zero-order valence-electron chi connectivity index (χ0n) is 29.5. The van der Waals surface area contributed by atoms with E-state index >= 15 is 0 Å². The van der Waals surface area contributed by atoms with Crippen molar-refractivity contribution in [3.8, 4) is 56.5 Å². The third-order valence-electron chi connectivity index (χ3n) is 10.5. The standard InChI is InChI=1S/C50H30N4S/c1-2-12-33(13-3-1)48-52-49(34-26-22-31(23-27-34)42-30-36-14-4-5-15-37(36)38-16-6-7-17-39(38)42)54-50(53-48)35-28-24-32(25-29-35)46-47-45(40-18-8-10-20-43(40)51-46)41-19-9-11-21-44(41)55-47/h1-30H. The SMILES string of the molecule is c1ccc(-c2nc(-c3ccc(-c4cc5ccccc5c5ccccc45)cc3)nc(-c3ccc(-c4nc5ccccc5c5c4sc4ccccc45)cc3)n2)cc1. The molecule has 0 unspecified atom stereocenters. The predicted octanol–water partition coefficient (Wildman–Crippen LogP) is 13.4. The second-order valence-electron chi connectivity index (χ2n) is 13.8. The number of hydrogen-bond donors (Lipinski definition) is 0. The lowest BCUT2D eigenvalue weighted by Crippen LogP contribution is -2.00. The molecule has 3 heterocycles. The van der Waals surface area contributed by atoms with Gasteiger partial charge in [-0.05, 0) is 50.9 Å². The van der Waals surface area contributed by atoms with Crippen LogP contribution in [0, 0.1) is 0 Å². The highest BCUT2D eigenvalue weighted by Gasteiger charge is 2.18. The Balaban J connectivity index is 1.01. The number of para-hydroxylation sites is 1. The highest BCUT2D eigenvalue weighted by Crippen LogP contribution is 2.43. The summed E-state index contributed by atoms with van der Waals surface area (Å²) in [6.07, 6.45) is 0. The number of nitrogens with zero attached hydrogens (tertiary/aromatic N) is 4. The first-order valence-electron chi connectivity index (χ1n) is 18.4. The van der Waals surface area contributed by atoms with Crippen molar-refractivity contribution < 1.29 is 0 Å². The molecule has 0 fully saturated rings. The number of benzene rings is 8. The molecular weight excluding hydrogens is 689 g/mol. The molecule has 11 rings (SSSR count). The van der Waals surface area contributed by atoms with Crippen LogP contribution in [0.25, 0.3) is 109 Å². The van der Waals surface area contributed by atoms with E-state index < -0.39 is 0 Å². The summed E-state index contributed by atoms with van der Waals surface area (Å²) in [6, 6.07) is 63.8. The normalized spacial score (nSPS) is 11.6. The van der Waals surface area contributed by atoms with Gasteiger partial charge in [0.15, 0.2) is 17.5 Å². The summed E-state index contributed by atoms with van der Waals surface area (Å²) in [5.74, 6) is 1.89. The van der Waals surface area contributed by atoms with Crippen LogP contribution in [0.4, 0.5) is 0 Å². The van der Waals surface area contributed by atoms with Crippen molar-refractivity contribution in [1.29, 1.82) is 0 Å². The fraction of sp³-hybridized carbons (Fsp3) is 0. The average Bonchev–Trinajstić information content (AvgIpc) is 3.66. The Kier molecular flexibility index (Phi) is 7.32. The van der Waals surface area contributed by atoms with E-state index in [4.69, 9.17) is 19.9 Å². The van der Waals surface area contributed by atoms with Gasteiger partial charge >= 0.3 is 0 Å². The second kappa shape index (κ2) is 12.8. The van der Waals surface area contributed by atoms with E-state index in [9.17, 15) is 0 Å². The van der Waals surface area contributed by atoms with E-state index in [0.717, 1.165) is 39.0 Å². The summed E-state index contributed by atoms with van der Waals surface area (Å²) in [5.41, 5.74) is 8.17. The first-order valence-corrected chi connectivity index (χ1v) is 19.2. The van der Waals surface area contributed by atoms with Crippen LogP contribution < -0.4 is 0 Å². The molecule has 0 saturated heterocycles. The molecule has 55 heavy (non-hydrogen) atoms. The molecule has 0 aliphatic rings. The Morgan fingerprint density at radius 2 is 0.855 bits per heavy atom. The van der Waals surface area contributed by atoms with E-state index in [2.05, 4.69) is 152 Å². The molecule has 0 aliphatic heterocycles. The minimum absolute atomic E-state index is 0.624. The van der Waals surface area contributed by atoms with E-state index in [-0.39, 0.29) is 0 Å². The number of hydrogen-bond acceptors (Lipinski definition) is 5. The van der Waals surface area contributed by atoms with Crippen LogP contribution in [0.1, 0.15) is 0 Å². The van der Waals surface area contributed by atoms with E-state index in [1.54, 1.807) is 11.3 Å². The van der Waals surface area contributed by atoms with Crippen LogP contribution in [-0.4, -0.2) is 19.9 Å². The molecule has 3 aromatic heterocycles. The predicted molar refractivity (Wildman–Crippen MR) is 230 cm³/mol. The molecular formula is C50H30N4S. The van der Waals surface area contributed by atoms with Crippen molar-refractivity contribution in [3.63, 3.8) is 0 Å². The molecule has 0 bridgehead atoms. The van der Waals surface area contributed by atoms with Crippen molar-refractivity contribution in [1.82, 2.24) is 19.9 Å². The van der Waals surface area contributed by atoms with Gasteiger partial charge in [-0.25, -0.2) is 19.9 Å². The van der Waals surface area contributed by atoms with Gasteiger partial charge in [0.2, 0.25) is 0 Å². The molecule has 0 radical (unpaired) electrons. The van der Waals surface area contributed by atoms with Gasteiger partial charge in [0, 0.05) is 43.1 Å². The van der Waals surface area contributed by atoms with Crippen LogP contribution in [0.2, 0.25) is 0 Å². The lowest BCUT2D eigenvalue weighted by molar-refractivity contribution is 1.07. The topological polar surface area (TPSA) is 51.6 Å². The Morgan fingerprint density at radius 3 is 1.56 bits per heavy atom. The van der Waals surface area contributed by atoms with Crippen LogP contribution in [0.5, 0.6) is 0 Å². The molecule has 4 nitrogen and oxygen atoms in total. The summed E-state index contributed by atoms with van der Waals surface area (Å²) in [6.45, 7) is 0. The smallest absolute Gasteiger partial charge is 0.164 e. The van der Waals surface area contributed by atoms with E-state index in [0.29, 0.717) is 17.5 Å². The van der Waals surface area contributed by atoms with Crippen molar-refractivity contribution in [3.05, 3.63) is 182 Å². The Labute approximate surface area is 321 Å². The van der Waals surface area contributed by atoms with E-state index in [1.165, 1.54) is 52.7 Å². The Hall–Kier alpha value is -7.08. The van der Waals surface area contributed by atoms with Gasteiger partial charge in [0.25, 0.3) is 0 Å². The van der Waals surface area contributed by atoms with E-state index in [1.807, 2.05) is 30.3 Å². The summed E-state index contributed by atoms with van der Waals surface area (Å²) < 4.78 is 2.46. The fourth-order valence-corrected chi connectivity index (χ4v) is 9.08. The van der Waals surface area contributed by atoms with Gasteiger partial charge < -0.3 is 0 Å². The molecule has 0 saturated carbocycles. The maximum Gasteiger partial charge on any atom is 0.164 e. The third kappa shape index (κ3) is 5.36. The maximum absolute atomic E-state index is 5.21. The molecule has 5 heteroatoms. The highest BCUT2D eigenvalue weighted by atomic mass is 32.1. The number of pyridine rings is 1. The largest absolute Gasteiger partial charge is 0.246 e. The van der Waals surface area contributed by atoms with Gasteiger partial charge in [0.05, 0.1) is 15.9 Å². The lowest BCUT2D eigenvalue weighted by Gasteiger charge is -2.12. The van der Waals surface area contributed by atoms with Crippen LogP contribution in [0.15, 0.2) is 182 Å². The zero-order valence-corrected chi connectivity index (χ0v) is 30.3. The minimum atomic E-state index is 0.624. The first-order chi connectivity index (χ1) is 27.2. The summed E-state index contributed by atoms with van der Waals surface area (Å²) in [7, 11) is 0. The number of rotatable bonds is 5. The average molecular weight is 719 g/mol. The quantitative estimate of drug-likeness (QED) is 0.166. The monoisotopic (exact) mass is 718 g/mol. The third-order valence-corrected chi connectivity index (χ3v) is 11.7. The van der Waals surface area contributed by atoms with Crippen LogP contribution >= 0.6 is 11.3 Å². The Morgan fingerprint density at radius 1 is 0.345 bits per heavy atom. The number of thiophene rings is 1. The maximum atomic E-state index is 5.21. The van der Waals surface area contributed by atoms with Gasteiger partial charge in [0.1, 0.15) is 0 Å². The zero-order chi connectivity index (χ0) is 36.3. The minimum Gasteiger partial charge on any atom is -0.246 e. The Bertz CT molecular complexity index is 3240. The lowest BCUT2D eigenvalue weighted by atomic mass is 9.93. The molecule has 0 N–H and O–H groups in total. The molecule has 0 amide bonds. The van der Waals surface area contributed by atoms with Crippen molar-refractivity contribution >= 4 is 64.0 Å². The van der Waals surface area contributed by atoms with Crippen LogP contribution in [-0.2, 0) is 0 Å². The van der Waals surface area contributed by atoms with Crippen molar-refractivity contribution in [2.75, 3.05) is 0 Å². The fourth-order valence-electron chi connectivity index (χ4n) is 7.85. The first kappa shape index (κ1) is 31.4. The molecule has 0 atom stereocenters. The van der Waals surface area contributed by atoms with Gasteiger partial charge in [-0.15, -0.1) is 11.3 Å². The van der Waals surface area contributed by atoms with Crippen LogP contribution in [0.3, 0.4) is 0 Å². The van der Waals surface area contributed by atoms with Gasteiger partial charge in [-0.3, -0.25) is 0 Å².